The smallest absolute Gasteiger partial charge is 0.00912 e. The standard InChI is InChI=1S/C24H36.C6H10/c1-5-8-9-10-17-24(7-3)18-16-23(24)15-13-21(11-6-2)12-14-22-19-20(22)4;1-2-3-6-4-5-6/h5-7,14-15,20-21H,1-3,8-13,16-19H2,4H3;3H,2,4-5H2,1H3. The van der Waals surface area contributed by atoms with Crippen molar-refractivity contribution in [3.8, 4) is 0 Å². The summed E-state index contributed by atoms with van der Waals surface area (Å²) in [6.07, 6.45) is 30.1. The fourth-order valence-electron chi connectivity index (χ4n) is 4.54. The Morgan fingerprint density at radius 3 is 2.17 bits per heavy atom. The Morgan fingerprint density at radius 2 is 1.70 bits per heavy atom. The molecular formula is C30H46. The third kappa shape index (κ3) is 8.29. The van der Waals surface area contributed by atoms with Crippen LogP contribution < -0.4 is 0 Å². The Labute approximate surface area is 187 Å². The second-order valence-electron chi connectivity index (χ2n) is 9.64. The van der Waals surface area contributed by atoms with Crippen molar-refractivity contribution in [1.82, 2.24) is 0 Å². The average Bonchev–Trinajstić information content (AvgIpc) is 3.65. The molecule has 0 nitrogen and oxygen atoms in total. The number of allylic oxidation sites excluding steroid dienone is 9. The van der Waals surface area contributed by atoms with Gasteiger partial charge in [0.2, 0.25) is 0 Å². The summed E-state index contributed by atoms with van der Waals surface area (Å²) in [4.78, 5) is 0. The Morgan fingerprint density at radius 1 is 0.967 bits per heavy atom. The molecule has 0 aromatic carbocycles. The maximum atomic E-state index is 4.16. The fourth-order valence-corrected chi connectivity index (χ4v) is 4.54. The molecule has 0 spiro atoms. The van der Waals surface area contributed by atoms with E-state index in [1.54, 1.807) is 16.7 Å². The van der Waals surface area contributed by atoms with Gasteiger partial charge in [-0.05, 0) is 88.9 Å². The Hall–Kier alpha value is -1.56. The highest BCUT2D eigenvalue weighted by Gasteiger charge is 2.38. The predicted molar refractivity (Wildman–Crippen MR) is 136 cm³/mol. The molecule has 3 atom stereocenters. The number of hydrogen-bond donors (Lipinski definition) is 0. The van der Waals surface area contributed by atoms with Crippen LogP contribution in [0.1, 0.15) is 97.3 Å². The van der Waals surface area contributed by atoms with Gasteiger partial charge < -0.3 is 0 Å². The lowest BCUT2D eigenvalue weighted by Gasteiger charge is -2.43. The van der Waals surface area contributed by atoms with Gasteiger partial charge in [-0.3, -0.25) is 0 Å². The lowest BCUT2D eigenvalue weighted by atomic mass is 9.61. The van der Waals surface area contributed by atoms with E-state index < -0.39 is 0 Å². The van der Waals surface area contributed by atoms with Crippen LogP contribution in [0.25, 0.3) is 0 Å². The van der Waals surface area contributed by atoms with Gasteiger partial charge in [0.1, 0.15) is 0 Å². The first kappa shape index (κ1) is 24.7. The first-order valence-corrected chi connectivity index (χ1v) is 12.5. The number of unbranched alkanes of at least 4 members (excludes halogenated alkanes) is 2. The van der Waals surface area contributed by atoms with E-state index in [1.165, 1.54) is 70.6 Å². The molecule has 0 amide bonds. The van der Waals surface area contributed by atoms with Gasteiger partial charge in [0.05, 0.1) is 0 Å². The Kier molecular flexibility index (Phi) is 10.7. The third-order valence-corrected chi connectivity index (χ3v) is 7.11. The summed E-state index contributed by atoms with van der Waals surface area (Å²) in [5.41, 5.74) is 5.29. The van der Waals surface area contributed by atoms with Crippen LogP contribution in [0.15, 0.2) is 72.9 Å². The highest BCUT2D eigenvalue weighted by molar-refractivity contribution is 5.29. The van der Waals surface area contributed by atoms with Gasteiger partial charge in [-0.1, -0.05) is 73.4 Å². The first-order chi connectivity index (χ1) is 14.6. The van der Waals surface area contributed by atoms with Crippen molar-refractivity contribution in [2.45, 2.75) is 97.3 Å². The van der Waals surface area contributed by atoms with E-state index in [1.807, 2.05) is 6.08 Å². The molecule has 3 unspecified atom stereocenters. The maximum Gasteiger partial charge on any atom is 0.00912 e. The molecule has 0 heteroatoms. The van der Waals surface area contributed by atoms with Gasteiger partial charge in [-0.15, -0.1) is 19.7 Å². The summed E-state index contributed by atoms with van der Waals surface area (Å²) in [6.45, 7) is 16.5. The molecule has 0 aliphatic heterocycles. The summed E-state index contributed by atoms with van der Waals surface area (Å²) >= 11 is 0. The number of rotatable bonds is 13. The van der Waals surface area contributed by atoms with Crippen LogP contribution in [0.2, 0.25) is 0 Å². The van der Waals surface area contributed by atoms with Crippen LogP contribution in [0, 0.1) is 17.3 Å². The minimum absolute atomic E-state index is 0.309. The quantitative estimate of drug-likeness (QED) is 0.211. The maximum absolute atomic E-state index is 4.16. The van der Waals surface area contributed by atoms with E-state index in [9.17, 15) is 0 Å². The zero-order valence-electron chi connectivity index (χ0n) is 19.9. The molecule has 3 rings (SSSR count). The van der Waals surface area contributed by atoms with Crippen LogP contribution in [-0.2, 0) is 0 Å². The van der Waals surface area contributed by atoms with Crippen molar-refractivity contribution < 1.29 is 0 Å². The molecule has 30 heavy (non-hydrogen) atoms. The van der Waals surface area contributed by atoms with Crippen LogP contribution in [0.5, 0.6) is 0 Å². The van der Waals surface area contributed by atoms with Gasteiger partial charge in [0.15, 0.2) is 0 Å². The van der Waals surface area contributed by atoms with Crippen LogP contribution in [0.4, 0.5) is 0 Å². The molecule has 0 aromatic rings. The van der Waals surface area contributed by atoms with E-state index in [2.05, 4.69) is 64.0 Å². The summed E-state index contributed by atoms with van der Waals surface area (Å²) in [6, 6.07) is 0. The summed E-state index contributed by atoms with van der Waals surface area (Å²) in [5, 5.41) is 0. The molecule has 166 valence electrons. The highest BCUT2D eigenvalue weighted by atomic mass is 14.4. The molecule has 0 heterocycles. The molecule has 0 radical (unpaired) electrons. The largest absolute Gasteiger partial charge is 0.103 e. The van der Waals surface area contributed by atoms with E-state index in [0.29, 0.717) is 5.41 Å². The van der Waals surface area contributed by atoms with Gasteiger partial charge >= 0.3 is 0 Å². The van der Waals surface area contributed by atoms with E-state index in [4.69, 9.17) is 0 Å². The lowest BCUT2D eigenvalue weighted by Crippen LogP contribution is -2.30. The van der Waals surface area contributed by atoms with Crippen molar-refractivity contribution in [1.29, 1.82) is 0 Å². The summed E-state index contributed by atoms with van der Waals surface area (Å²) in [7, 11) is 0. The molecular weight excluding hydrogens is 360 g/mol. The molecule has 3 fully saturated rings. The number of hydrogen-bond acceptors (Lipinski definition) is 0. The highest BCUT2D eigenvalue weighted by Crippen LogP contribution is 2.51. The Bertz CT molecular complexity index is 650. The predicted octanol–water partition coefficient (Wildman–Crippen LogP) is 9.68. The third-order valence-electron chi connectivity index (χ3n) is 7.11. The normalized spacial score (nSPS) is 27.5. The summed E-state index contributed by atoms with van der Waals surface area (Å²) in [5.74, 6) is 1.57. The van der Waals surface area contributed by atoms with E-state index in [0.717, 1.165) is 24.7 Å². The zero-order chi connectivity index (χ0) is 21.8. The average molecular weight is 407 g/mol. The lowest BCUT2D eigenvalue weighted by molar-refractivity contribution is 0.284. The molecule has 3 aliphatic rings. The van der Waals surface area contributed by atoms with Gasteiger partial charge in [-0.2, -0.15) is 0 Å². The van der Waals surface area contributed by atoms with E-state index in [-0.39, 0.29) is 0 Å². The molecule has 0 N–H and O–H groups in total. The van der Waals surface area contributed by atoms with Crippen LogP contribution in [0.3, 0.4) is 0 Å². The molecule has 0 saturated heterocycles. The van der Waals surface area contributed by atoms with E-state index >= 15 is 0 Å². The second kappa shape index (κ2) is 13.0. The van der Waals surface area contributed by atoms with Gasteiger partial charge in [-0.25, -0.2) is 0 Å². The van der Waals surface area contributed by atoms with Crippen molar-refractivity contribution >= 4 is 0 Å². The fraction of sp³-hybridized carbons (Fsp3) is 0.600. The van der Waals surface area contributed by atoms with Crippen molar-refractivity contribution in [2.24, 2.45) is 17.3 Å². The van der Waals surface area contributed by atoms with Crippen LogP contribution >= 0.6 is 0 Å². The molecule has 0 bridgehead atoms. The molecule has 3 aliphatic carbocycles. The van der Waals surface area contributed by atoms with Gasteiger partial charge in [0.25, 0.3) is 0 Å². The van der Waals surface area contributed by atoms with Gasteiger partial charge in [0, 0.05) is 5.41 Å². The Balaban J connectivity index is 0.000000456. The van der Waals surface area contributed by atoms with Crippen molar-refractivity contribution in [3.63, 3.8) is 0 Å². The monoisotopic (exact) mass is 406 g/mol. The zero-order valence-corrected chi connectivity index (χ0v) is 19.9. The van der Waals surface area contributed by atoms with Crippen molar-refractivity contribution in [3.05, 3.63) is 72.9 Å². The second-order valence-corrected chi connectivity index (χ2v) is 9.64. The van der Waals surface area contributed by atoms with Crippen molar-refractivity contribution in [2.75, 3.05) is 0 Å². The first-order valence-electron chi connectivity index (χ1n) is 12.5. The summed E-state index contributed by atoms with van der Waals surface area (Å²) < 4.78 is 0. The molecule has 0 aromatic heterocycles. The van der Waals surface area contributed by atoms with Crippen LogP contribution in [-0.4, -0.2) is 0 Å². The topological polar surface area (TPSA) is 0 Å². The molecule has 3 saturated carbocycles. The minimum atomic E-state index is 0.309. The SMILES string of the molecule is C=CCCCCC1(C=C)CCC1=CCC(CC=C)CC=C1CC1C.CCC=C1CC1. The minimum Gasteiger partial charge on any atom is -0.103 e.